The molecule has 0 unspecified atom stereocenters. The number of sulfonamides is 1. The second-order valence-electron chi connectivity index (χ2n) is 5.71. The van der Waals surface area contributed by atoms with Gasteiger partial charge in [0, 0.05) is 27.2 Å². The van der Waals surface area contributed by atoms with Gasteiger partial charge in [-0.25, -0.2) is 12.7 Å². The van der Waals surface area contributed by atoms with E-state index in [0.717, 1.165) is 16.4 Å². The fraction of sp³-hybridized carbons (Fsp3) is 0.538. The molecule has 1 aromatic heterocycles. The van der Waals surface area contributed by atoms with Gasteiger partial charge in [-0.15, -0.1) is 0 Å². The Balaban J connectivity index is 2.25. The van der Waals surface area contributed by atoms with Crippen LogP contribution in [0.5, 0.6) is 0 Å². The highest BCUT2D eigenvalue weighted by molar-refractivity contribution is 7.88. The number of furan rings is 1. The predicted octanol–water partition coefficient (Wildman–Crippen LogP) is 0.865. The zero-order valence-electron chi connectivity index (χ0n) is 13.1. The Morgan fingerprint density at radius 3 is 2.32 bits per heavy atom. The smallest absolute Gasteiger partial charge is 0.394 e. The van der Waals surface area contributed by atoms with E-state index in [9.17, 15) is 31.2 Å². The van der Waals surface area contributed by atoms with E-state index in [-0.39, 0.29) is 0 Å². The number of hydrogen-bond donors (Lipinski definition) is 1. The average Bonchev–Trinajstić information content (AvgIpc) is 3.13. The fourth-order valence-electron chi connectivity index (χ4n) is 2.46. The van der Waals surface area contributed by atoms with E-state index in [4.69, 9.17) is 9.52 Å². The van der Waals surface area contributed by atoms with E-state index in [1.807, 2.05) is 0 Å². The molecule has 2 atom stereocenters. The summed E-state index contributed by atoms with van der Waals surface area (Å²) in [6, 6.07) is 2.03. The summed E-state index contributed by atoms with van der Waals surface area (Å²) in [7, 11) is -1.47. The van der Waals surface area contributed by atoms with Crippen LogP contribution >= 0.6 is 0 Å². The molecule has 140 valence electrons. The molecule has 0 aromatic carbocycles. The lowest BCUT2D eigenvalue weighted by Gasteiger charge is -2.17. The molecule has 2 rings (SSSR count). The van der Waals surface area contributed by atoms with E-state index in [2.05, 4.69) is 0 Å². The standard InChI is InChI=1S/C13H15F3N2O6S/c1-17(2)25(22,23)10-4-3-9(24-10)11(19)18-5-7(12(20)21)8(6-18)13(14,15)16/h3-4,7-8H,5-6H2,1-2H3,(H,20,21)/t7-,8-/m1/s1. The molecule has 1 amide bonds. The molecule has 1 aliphatic rings. The zero-order valence-corrected chi connectivity index (χ0v) is 14.0. The van der Waals surface area contributed by atoms with E-state index in [0.29, 0.717) is 4.90 Å². The topological polar surface area (TPSA) is 108 Å². The minimum atomic E-state index is -4.78. The van der Waals surface area contributed by atoms with Crippen LogP contribution in [0.15, 0.2) is 21.6 Å². The maximum absolute atomic E-state index is 13.0. The molecule has 0 aliphatic carbocycles. The summed E-state index contributed by atoms with van der Waals surface area (Å²) in [5, 5.41) is 8.40. The van der Waals surface area contributed by atoms with Crippen molar-refractivity contribution in [2.75, 3.05) is 27.2 Å². The predicted molar refractivity (Wildman–Crippen MR) is 76.2 cm³/mol. The van der Waals surface area contributed by atoms with Gasteiger partial charge in [0.1, 0.15) is 0 Å². The second kappa shape index (κ2) is 6.33. The Morgan fingerprint density at radius 1 is 1.28 bits per heavy atom. The van der Waals surface area contributed by atoms with Crippen LogP contribution in [0, 0.1) is 11.8 Å². The van der Waals surface area contributed by atoms with Crippen LogP contribution in [-0.2, 0) is 14.8 Å². The molecular formula is C13H15F3N2O6S. The summed E-state index contributed by atoms with van der Waals surface area (Å²) < 4.78 is 68.4. The summed E-state index contributed by atoms with van der Waals surface area (Å²) >= 11 is 0. The van der Waals surface area contributed by atoms with Crippen LogP contribution in [0.2, 0.25) is 0 Å². The molecule has 1 N–H and O–H groups in total. The van der Waals surface area contributed by atoms with Gasteiger partial charge in [0.25, 0.3) is 15.9 Å². The number of halogens is 3. The molecule has 0 spiro atoms. The van der Waals surface area contributed by atoms with Crippen molar-refractivity contribution in [1.29, 1.82) is 0 Å². The first-order valence-electron chi connectivity index (χ1n) is 6.97. The van der Waals surface area contributed by atoms with E-state index < -0.39 is 63.9 Å². The molecule has 1 aromatic rings. The number of hydrogen-bond acceptors (Lipinski definition) is 5. The highest BCUT2D eigenvalue weighted by atomic mass is 32.2. The van der Waals surface area contributed by atoms with Crippen LogP contribution in [0.4, 0.5) is 13.2 Å². The molecule has 8 nitrogen and oxygen atoms in total. The Kier molecular flexibility index (Phi) is 4.88. The minimum Gasteiger partial charge on any atom is -0.481 e. The van der Waals surface area contributed by atoms with Crippen LogP contribution in [0.3, 0.4) is 0 Å². The SMILES string of the molecule is CN(C)S(=O)(=O)c1ccc(C(=O)N2C[C@@H](C(F)(F)F)[C@H](C(=O)O)C2)o1. The lowest BCUT2D eigenvalue weighted by molar-refractivity contribution is -0.187. The molecule has 0 saturated carbocycles. The quantitative estimate of drug-likeness (QED) is 0.825. The first-order valence-corrected chi connectivity index (χ1v) is 8.41. The summed E-state index contributed by atoms with van der Waals surface area (Å²) in [5.41, 5.74) is 0. The van der Waals surface area contributed by atoms with E-state index in [1.54, 1.807) is 0 Å². The first kappa shape index (κ1) is 19.2. The number of carboxylic acids is 1. The number of alkyl halides is 3. The van der Waals surface area contributed by atoms with Gasteiger partial charge in [0.05, 0.1) is 11.8 Å². The van der Waals surface area contributed by atoms with E-state index in [1.165, 1.54) is 14.1 Å². The number of nitrogens with zero attached hydrogens (tertiary/aromatic N) is 2. The van der Waals surface area contributed by atoms with Crippen molar-refractivity contribution in [3.05, 3.63) is 17.9 Å². The number of likely N-dealkylation sites (tertiary alicyclic amines) is 1. The monoisotopic (exact) mass is 384 g/mol. The fourth-order valence-corrected chi connectivity index (χ4v) is 3.26. The third-order valence-corrected chi connectivity index (χ3v) is 5.56. The summed E-state index contributed by atoms with van der Waals surface area (Å²) in [6.45, 7) is -1.48. The Bertz CT molecular complexity index is 786. The Labute approximate surface area is 140 Å². The molecule has 2 heterocycles. The van der Waals surface area contributed by atoms with Crippen molar-refractivity contribution in [1.82, 2.24) is 9.21 Å². The van der Waals surface area contributed by atoms with Crippen LogP contribution in [-0.4, -0.2) is 68.0 Å². The molecular weight excluding hydrogens is 369 g/mol. The van der Waals surface area contributed by atoms with Gasteiger partial charge in [0.15, 0.2) is 5.76 Å². The van der Waals surface area contributed by atoms with Gasteiger partial charge < -0.3 is 14.4 Å². The molecule has 1 fully saturated rings. The van der Waals surface area contributed by atoms with Gasteiger partial charge >= 0.3 is 12.1 Å². The lowest BCUT2D eigenvalue weighted by Crippen LogP contribution is -2.34. The third-order valence-electron chi connectivity index (χ3n) is 3.87. The number of aliphatic carboxylic acids is 1. The van der Waals surface area contributed by atoms with E-state index >= 15 is 0 Å². The van der Waals surface area contributed by atoms with Crippen molar-refractivity contribution in [2.45, 2.75) is 11.3 Å². The number of carboxylic acid groups (broad SMARTS) is 1. The third kappa shape index (κ3) is 3.63. The molecule has 25 heavy (non-hydrogen) atoms. The van der Waals surface area contributed by atoms with Gasteiger partial charge in [0.2, 0.25) is 5.09 Å². The second-order valence-corrected chi connectivity index (χ2v) is 7.79. The van der Waals surface area contributed by atoms with Crippen LogP contribution < -0.4 is 0 Å². The van der Waals surface area contributed by atoms with Gasteiger partial charge in [-0.1, -0.05) is 0 Å². The normalized spacial score (nSPS) is 21.8. The minimum absolute atomic E-state index is 0.479. The highest BCUT2D eigenvalue weighted by Crippen LogP contribution is 2.38. The largest absolute Gasteiger partial charge is 0.481 e. The number of carbonyl (C=O) groups is 2. The average molecular weight is 384 g/mol. The van der Waals surface area contributed by atoms with Crippen molar-refractivity contribution >= 4 is 21.9 Å². The summed E-state index contributed by atoms with van der Waals surface area (Å²) in [4.78, 5) is 24.0. The Morgan fingerprint density at radius 2 is 1.88 bits per heavy atom. The Hall–Kier alpha value is -2.08. The molecule has 12 heteroatoms. The maximum atomic E-state index is 13.0. The van der Waals surface area contributed by atoms with Crippen molar-refractivity contribution in [3.63, 3.8) is 0 Å². The molecule has 1 saturated heterocycles. The molecule has 1 aliphatic heterocycles. The summed E-state index contributed by atoms with van der Waals surface area (Å²) in [6.07, 6.45) is -4.78. The number of carbonyl (C=O) groups excluding carboxylic acids is 1. The highest BCUT2D eigenvalue weighted by Gasteiger charge is 2.53. The van der Waals surface area contributed by atoms with Gasteiger partial charge in [-0.2, -0.15) is 13.2 Å². The zero-order chi connectivity index (χ0) is 19.2. The van der Waals surface area contributed by atoms with Gasteiger partial charge in [-0.3, -0.25) is 9.59 Å². The lowest BCUT2D eigenvalue weighted by atomic mass is 9.96. The summed E-state index contributed by atoms with van der Waals surface area (Å²) in [5.74, 6) is -7.13. The van der Waals surface area contributed by atoms with Crippen molar-refractivity contribution in [3.8, 4) is 0 Å². The van der Waals surface area contributed by atoms with Crippen molar-refractivity contribution in [2.24, 2.45) is 11.8 Å². The van der Waals surface area contributed by atoms with Crippen LogP contribution in [0.25, 0.3) is 0 Å². The maximum Gasteiger partial charge on any atom is 0.394 e. The van der Waals surface area contributed by atoms with Crippen molar-refractivity contribution < 1.29 is 40.7 Å². The van der Waals surface area contributed by atoms with Gasteiger partial charge in [-0.05, 0) is 12.1 Å². The molecule has 0 radical (unpaired) electrons. The number of rotatable bonds is 4. The molecule has 0 bridgehead atoms. The number of amides is 1. The first-order chi connectivity index (χ1) is 11.4. The van der Waals surface area contributed by atoms with Crippen LogP contribution in [0.1, 0.15) is 10.6 Å².